The van der Waals surface area contributed by atoms with Crippen LogP contribution in [0, 0.1) is 19.3 Å². The SMILES string of the molecule is C#CCCCNCc1ccc(Cl)c(C)c1. The van der Waals surface area contributed by atoms with Gasteiger partial charge >= 0.3 is 0 Å². The minimum absolute atomic E-state index is 0.825. The molecule has 0 saturated heterocycles. The molecule has 0 radical (unpaired) electrons. The summed E-state index contributed by atoms with van der Waals surface area (Å²) in [6.07, 6.45) is 7.04. The summed E-state index contributed by atoms with van der Waals surface area (Å²) >= 11 is 5.94. The van der Waals surface area contributed by atoms with E-state index in [1.54, 1.807) is 0 Å². The Bertz CT molecular complexity index is 352. The van der Waals surface area contributed by atoms with Gasteiger partial charge < -0.3 is 5.32 Å². The third kappa shape index (κ3) is 4.38. The number of aryl methyl sites for hydroxylation is 1. The van der Waals surface area contributed by atoms with E-state index in [-0.39, 0.29) is 0 Å². The Morgan fingerprint density at radius 2 is 2.27 bits per heavy atom. The maximum atomic E-state index is 5.94. The van der Waals surface area contributed by atoms with Gasteiger partial charge in [-0.1, -0.05) is 23.7 Å². The molecular weight excluding hydrogens is 206 g/mol. The summed E-state index contributed by atoms with van der Waals surface area (Å²) in [7, 11) is 0. The van der Waals surface area contributed by atoms with E-state index in [9.17, 15) is 0 Å². The molecule has 0 spiro atoms. The molecule has 0 saturated carbocycles. The Kier molecular flexibility index (Phi) is 5.25. The van der Waals surface area contributed by atoms with Gasteiger partial charge in [-0.25, -0.2) is 0 Å². The predicted molar refractivity (Wildman–Crippen MR) is 66.0 cm³/mol. The van der Waals surface area contributed by atoms with Crippen LogP contribution in [0.15, 0.2) is 18.2 Å². The zero-order chi connectivity index (χ0) is 11.1. The maximum absolute atomic E-state index is 5.94. The maximum Gasteiger partial charge on any atom is 0.0435 e. The Balaban J connectivity index is 2.32. The summed E-state index contributed by atoms with van der Waals surface area (Å²) in [5, 5.41) is 4.17. The van der Waals surface area contributed by atoms with E-state index in [4.69, 9.17) is 18.0 Å². The van der Waals surface area contributed by atoms with Gasteiger partial charge in [0.1, 0.15) is 0 Å². The largest absolute Gasteiger partial charge is 0.313 e. The third-order valence-electron chi connectivity index (χ3n) is 2.23. The van der Waals surface area contributed by atoms with Crippen LogP contribution in [0.25, 0.3) is 0 Å². The minimum Gasteiger partial charge on any atom is -0.313 e. The molecule has 1 rings (SSSR count). The molecule has 0 amide bonds. The van der Waals surface area contributed by atoms with E-state index in [0.717, 1.165) is 36.5 Å². The monoisotopic (exact) mass is 221 g/mol. The Morgan fingerprint density at radius 3 is 2.93 bits per heavy atom. The highest BCUT2D eigenvalue weighted by atomic mass is 35.5. The van der Waals surface area contributed by atoms with Crippen LogP contribution in [0.2, 0.25) is 5.02 Å². The summed E-state index contributed by atoms with van der Waals surface area (Å²) in [6.45, 7) is 3.86. The first kappa shape index (κ1) is 12.1. The van der Waals surface area contributed by atoms with Crippen molar-refractivity contribution in [3.8, 4) is 12.3 Å². The van der Waals surface area contributed by atoms with Crippen molar-refractivity contribution >= 4 is 11.6 Å². The van der Waals surface area contributed by atoms with Crippen LogP contribution in [-0.2, 0) is 6.54 Å². The Labute approximate surface area is 96.8 Å². The molecule has 1 nitrogen and oxygen atoms in total. The Morgan fingerprint density at radius 1 is 1.47 bits per heavy atom. The lowest BCUT2D eigenvalue weighted by atomic mass is 10.1. The van der Waals surface area contributed by atoms with Gasteiger partial charge in [-0.15, -0.1) is 12.3 Å². The predicted octanol–water partition coefficient (Wildman–Crippen LogP) is 3.15. The lowest BCUT2D eigenvalue weighted by Gasteiger charge is -2.05. The third-order valence-corrected chi connectivity index (χ3v) is 2.65. The fraction of sp³-hybridized carbons (Fsp3) is 0.385. The van der Waals surface area contributed by atoms with Crippen molar-refractivity contribution in [2.75, 3.05) is 6.54 Å². The van der Waals surface area contributed by atoms with Crippen molar-refractivity contribution in [2.45, 2.75) is 26.3 Å². The van der Waals surface area contributed by atoms with Crippen molar-refractivity contribution in [1.29, 1.82) is 0 Å². The fourth-order valence-corrected chi connectivity index (χ4v) is 1.48. The highest BCUT2D eigenvalue weighted by Gasteiger charge is 1.96. The summed E-state index contributed by atoms with van der Waals surface area (Å²) in [6, 6.07) is 6.09. The normalized spacial score (nSPS) is 9.93. The number of unbranched alkanes of at least 4 members (excludes halogenated alkanes) is 1. The first-order chi connectivity index (χ1) is 7.24. The second-order valence-electron chi connectivity index (χ2n) is 3.57. The van der Waals surface area contributed by atoms with Gasteiger partial charge in [0.2, 0.25) is 0 Å². The second-order valence-corrected chi connectivity index (χ2v) is 3.98. The summed E-state index contributed by atoms with van der Waals surface area (Å²) in [4.78, 5) is 0. The molecule has 80 valence electrons. The van der Waals surface area contributed by atoms with Gasteiger partial charge in [-0.2, -0.15) is 0 Å². The number of nitrogens with one attached hydrogen (secondary N) is 1. The van der Waals surface area contributed by atoms with E-state index in [1.165, 1.54) is 5.56 Å². The first-order valence-electron chi connectivity index (χ1n) is 5.13. The molecule has 0 atom stereocenters. The van der Waals surface area contributed by atoms with E-state index < -0.39 is 0 Å². The van der Waals surface area contributed by atoms with Gasteiger partial charge in [0.15, 0.2) is 0 Å². The molecule has 15 heavy (non-hydrogen) atoms. The van der Waals surface area contributed by atoms with Crippen LogP contribution >= 0.6 is 11.6 Å². The van der Waals surface area contributed by atoms with E-state index in [2.05, 4.69) is 17.3 Å². The molecule has 0 aliphatic rings. The fourth-order valence-electron chi connectivity index (χ4n) is 1.36. The van der Waals surface area contributed by atoms with E-state index in [0.29, 0.717) is 0 Å². The molecule has 0 bridgehead atoms. The van der Waals surface area contributed by atoms with Gasteiger partial charge in [0, 0.05) is 18.0 Å². The topological polar surface area (TPSA) is 12.0 Å². The molecule has 0 aliphatic carbocycles. The number of halogens is 1. The van der Waals surface area contributed by atoms with E-state index in [1.807, 2.05) is 19.1 Å². The zero-order valence-electron chi connectivity index (χ0n) is 9.02. The van der Waals surface area contributed by atoms with Crippen LogP contribution in [0.5, 0.6) is 0 Å². The van der Waals surface area contributed by atoms with E-state index >= 15 is 0 Å². The molecule has 0 unspecified atom stereocenters. The van der Waals surface area contributed by atoms with Gasteiger partial charge in [0.25, 0.3) is 0 Å². The average Bonchev–Trinajstić information content (AvgIpc) is 2.23. The second kappa shape index (κ2) is 6.50. The number of rotatable bonds is 5. The number of hydrogen-bond donors (Lipinski definition) is 1. The standard InChI is InChI=1S/C13H16ClN/c1-3-4-5-8-15-10-12-6-7-13(14)11(2)9-12/h1,6-7,9,15H,4-5,8,10H2,2H3. The molecule has 2 heteroatoms. The van der Waals surface area contributed by atoms with Crippen LogP contribution in [0.4, 0.5) is 0 Å². The number of terminal acetylenes is 1. The minimum atomic E-state index is 0.825. The van der Waals surface area contributed by atoms with Gasteiger partial charge in [0.05, 0.1) is 0 Å². The van der Waals surface area contributed by atoms with Gasteiger partial charge in [-0.05, 0) is 37.1 Å². The van der Waals surface area contributed by atoms with Crippen molar-refractivity contribution in [3.05, 3.63) is 34.3 Å². The molecule has 0 aromatic heterocycles. The summed E-state index contributed by atoms with van der Waals surface area (Å²) in [5.74, 6) is 2.63. The van der Waals surface area contributed by atoms with Crippen molar-refractivity contribution in [2.24, 2.45) is 0 Å². The van der Waals surface area contributed by atoms with Crippen LogP contribution in [-0.4, -0.2) is 6.54 Å². The highest BCUT2D eigenvalue weighted by Crippen LogP contribution is 2.15. The molecular formula is C13H16ClN. The highest BCUT2D eigenvalue weighted by molar-refractivity contribution is 6.31. The van der Waals surface area contributed by atoms with Gasteiger partial charge in [-0.3, -0.25) is 0 Å². The lowest BCUT2D eigenvalue weighted by molar-refractivity contribution is 0.659. The van der Waals surface area contributed by atoms with Crippen LogP contribution in [0.3, 0.4) is 0 Å². The molecule has 0 heterocycles. The summed E-state index contributed by atoms with van der Waals surface area (Å²) in [5.41, 5.74) is 2.39. The lowest BCUT2D eigenvalue weighted by Crippen LogP contribution is -2.14. The number of hydrogen-bond acceptors (Lipinski definition) is 1. The molecule has 1 aromatic rings. The summed E-state index contributed by atoms with van der Waals surface area (Å²) < 4.78 is 0. The molecule has 1 N–H and O–H groups in total. The zero-order valence-corrected chi connectivity index (χ0v) is 9.77. The van der Waals surface area contributed by atoms with Crippen molar-refractivity contribution < 1.29 is 0 Å². The molecule has 1 aromatic carbocycles. The van der Waals surface area contributed by atoms with Crippen molar-refractivity contribution in [3.63, 3.8) is 0 Å². The van der Waals surface area contributed by atoms with Crippen LogP contribution < -0.4 is 5.32 Å². The average molecular weight is 222 g/mol. The smallest absolute Gasteiger partial charge is 0.0435 e. The molecule has 0 fully saturated rings. The molecule has 0 aliphatic heterocycles. The Hall–Kier alpha value is -0.970. The quantitative estimate of drug-likeness (QED) is 0.595. The van der Waals surface area contributed by atoms with Crippen LogP contribution in [0.1, 0.15) is 24.0 Å². The number of benzene rings is 1. The van der Waals surface area contributed by atoms with Crippen molar-refractivity contribution in [1.82, 2.24) is 5.32 Å². The first-order valence-corrected chi connectivity index (χ1v) is 5.51.